The largest absolute Gasteiger partial charge is 0.377 e. The van der Waals surface area contributed by atoms with E-state index in [9.17, 15) is 0 Å². The molecule has 0 radical (unpaired) electrons. The van der Waals surface area contributed by atoms with E-state index in [-0.39, 0.29) is 5.60 Å². The van der Waals surface area contributed by atoms with Crippen LogP contribution in [-0.2, 0) is 11.3 Å². The second-order valence-electron chi connectivity index (χ2n) is 5.29. The Labute approximate surface area is 124 Å². The second-order valence-corrected chi connectivity index (χ2v) is 5.29. The van der Waals surface area contributed by atoms with E-state index in [0.29, 0.717) is 19.0 Å². The van der Waals surface area contributed by atoms with Crippen LogP contribution in [0.4, 0.5) is 0 Å². The summed E-state index contributed by atoms with van der Waals surface area (Å²) in [7, 11) is 3.43. The maximum Gasteiger partial charge on any atom is 0.191 e. The number of hydrogen-bond acceptors (Lipinski definition) is 4. The average molecular weight is 290 g/mol. The van der Waals surface area contributed by atoms with Gasteiger partial charge in [0, 0.05) is 26.9 Å². The van der Waals surface area contributed by atoms with E-state index < -0.39 is 0 Å². The molecule has 0 atom stereocenters. The van der Waals surface area contributed by atoms with Crippen molar-refractivity contribution in [3.05, 3.63) is 30.2 Å². The molecule has 0 aromatic carbocycles. The standard InChI is InChI=1S/C14H22N6O/c1-14(2,21-4)10-17-13(15-3)16-9-12-19-18-11-7-5-6-8-20(11)12/h5-8H,9-10H2,1-4H3,(H2,15,16,17). The van der Waals surface area contributed by atoms with Gasteiger partial charge in [0.15, 0.2) is 17.4 Å². The van der Waals surface area contributed by atoms with Gasteiger partial charge in [-0.15, -0.1) is 10.2 Å². The first-order chi connectivity index (χ1) is 10.1. The van der Waals surface area contributed by atoms with Crippen molar-refractivity contribution in [3.63, 3.8) is 0 Å². The van der Waals surface area contributed by atoms with Crippen LogP contribution in [0.2, 0.25) is 0 Å². The van der Waals surface area contributed by atoms with Crippen LogP contribution in [-0.4, -0.2) is 46.9 Å². The van der Waals surface area contributed by atoms with Gasteiger partial charge in [0.05, 0.1) is 12.1 Å². The summed E-state index contributed by atoms with van der Waals surface area (Å²) in [5.41, 5.74) is 0.580. The highest BCUT2D eigenvalue weighted by Crippen LogP contribution is 2.05. The normalized spacial score (nSPS) is 12.7. The lowest BCUT2D eigenvalue weighted by atomic mass is 10.1. The Morgan fingerprint density at radius 2 is 2.14 bits per heavy atom. The molecule has 2 rings (SSSR count). The SMILES string of the molecule is CN=C(NCc1nnc2ccccn12)NCC(C)(C)OC. The summed E-state index contributed by atoms with van der Waals surface area (Å²) in [5.74, 6) is 1.53. The predicted molar refractivity (Wildman–Crippen MR) is 82.3 cm³/mol. The van der Waals surface area contributed by atoms with Crippen LogP contribution in [0.25, 0.3) is 5.65 Å². The minimum absolute atomic E-state index is 0.251. The molecule has 0 unspecified atom stereocenters. The summed E-state index contributed by atoms with van der Waals surface area (Å²) in [5, 5.41) is 14.7. The molecule has 0 saturated heterocycles. The van der Waals surface area contributed by atoms with E-state index in [2.05, 4.69) is 25.8 Å². The lowest BCUT2D eigenvalue weighted by Crippen LogP contribution is -2.45. The lowest BCUT2D eigenvalue weighted by Gasteiger charge is -2.24. The van der Waals surface area contributed by atoms with Gasteiger partial charge in [0.25, 0.3) is 0 Å². The molecule has 2 aromatic rings. The van der Waals surface area contributed by atoms with Crippen LogP contribution in [0.1, 0.15) is 19.7 Å². The van der Waals surface area contributed by atoms with Gasteiger partial charge in [-0.3, -0.25) is 9.39 Å². The van der Waals surface area contributed by atoms with Gasteiger partial charge in [-0.25, -0.2) is 0 Å². The smallest absolute Gasteiger partial charge is 0.191 e. The van der Waals surface area contributed by atoms with E-state index in [4.69, 9.17) is 4.74 Å². The van der Waals surface area contributed by atoms with Crippen LogP contribution >= 0.6 is 0 Å². The summed E-state index contributed by atoms with van der Waals surface area (Å²) in [4.78, 5) is 4.19. The van der Waals surface area contributed by atoms with E-state index in [1.54, 1.807) is 14.2 Å². The average Bonchev–Trinajstić information content (AvgIpc) is 2.91. The van der Waals surface area contributed by atoms with Gasteiger partial charge in [0.1, 0.15) is 0 Å². The minimum Gasteiger partial charge on any atom is -0.377 e. The number of nitrogens with zero attached hydrogens (tertiary/aromatic N) is 4. The Morgan fingerprint density at radius 1 is 1.33 bits per heavy atom. The highest BCUT2D eigenvalue weighted by atomic mass is 16.5. The Balaban J connectivity index is 1.95. The summed E-state index contributed by atoms with van der Waals surface area (Å²) in [6.07, 6.45) is 1.94. The zero-order valence-corrected chi connectivity index (χ0v) is 12.9. The third-order valence-corrected chi connectivity index (χ3v) is 3.26. The van der Waals surface area contributed by atoms with Crippen molar-refractivity contribution in [1.29, 1.82) is 0 Å². The molecule has 0 aliphatic carbocycles. The van der Waals surface area contributed by atoms with Gasteiger partial charge in [-0.1, -0.05) is 6.07 Å². The molecular weight excluding hydrogens is 268 g/mol. The monoisotopic (exact) mass is 290 g/mol. The highest BCUT2D eigenvalue weighted by Gasteiger charge is 2.16. The first kappa shape index (κ1) is 15.2. The fourth-order valence-electron chi connectivity index (χ4n) is 1.76. The van der Waals surface area contributed by atoms with E-state index >= 15 is 0 Å². The number of methoxy groups -OCH3 is 1. The molecular formula is C14H22N6O. The number of nitrogens with one attached hydrogen (secondary N) is 2. The van der Waals surface area contributed by atoms with Crippen LogP contribution in [0.3, 0.4) is 0 Å². The van der Waals surface area contributed by atoms with Gasteiger partial charge in [0.2, 0.25) is 0 Å². The maximum atomic E-state index is 5.37. The van der Waals surface area contributed by atoms with E-state index in [0.717, 1.165) is 11.5 Å². The summed E-state index contributed by atoms with van der Waals surface area (Å²) >= 11 is 0. The number of guanidine groups is 1. The van der Waals surface area contributed by atoms with Gasteiger partial charge in [-0.05, 0) is 26.0 Å². The van der Waals surface area contributed by atoms with Crippen molar-refractivity contribution in [2.75, 3.05) is 20.7 Å². The summed E-state index contributed by atoms with van der Waals surface area (Å²) in [6.45, 7) is 5.22. The predicted octanol–water partition coefficient (Wildman–Crippen LogP) is 0.819. The Hall–Kier alpha value is -2.15. The summed E-state index contributed by atoms with van der Waals surface area (Å²) < 4.78 is 7.31. The molecule has 2 aromatic heterocycles. The summed E-state index contributed by atoms with van der Waals surface area (Å²) in [6, 6.07) is 5.81. The molecule has 0 saturated carbocycles. The Kier molecular flexibility index (Phi) is 4.74. The fourth-order valence-corrected chi connectivity index (χ4v) is 1.76. The molecule has 2 heterocycles. The number of rotatable bonds is 5. The Bertz CT molecular complexity index is 619. The number of aromatic nitrogens is 3. The maximum absolute atomic E-state index is 5.37. The number of ether oxygens (including phenoxy) is 1. The van der Waals surface area contributed by atoms with Crippen molar-refractivity contribution in [2.24, 2.45) is 4.99 Å². The number of pyridine rings is 1. The van der Waals surface area contributed by atoms with Crippen molar-refractivity contribution in [1.82, 2.24) is 25.2 Å². The molecule has 7 nitrogen and oxygen atoms in total. The minimum atomic E-state index is -0.251. The first-order valence-electron chi connectivity index (χ1n) is 6.84. The van der Waals surface area contributed by atoms with Crippen molar-refractivity contribution in [2.45, 2.75) is 26.0 Å². The lowest BCUT2D eigenvalue weighted by molar-refractivity contribution is 0.0268. The van der Waals surface area contributed by atoms with Crippen LogP contribution < -0.4 is 10.6 Å². The second kappa shape index (κ2) is 6.53. The number of fused-ring (bicyclic) bond motifs is 1. The fraction of sp³-hybridized carbons (Fsp3) is 0.500. The topological polar surface area (TPSA) is 75.8 Å². The number of hydrogen-bond donors (Lipinski definition) is 2. The quantitative estimate of drug-likeness (QED) is 0.630. The molecule has 0 aliphatic rings. The molecule has 0 spiro atoms. The zero-order valence-electron chi connectivity index (χ0n) is 12.9. The molecule has 114 valence electrons. The molecule has 0 bridgehead atoms. The van der Waals surface area contributed by atoms with Crippen molar-refractivity contribution >= 4 is 11.6 Å². The Morgan fingerprint density at radius 3 is 2.86 bits per heavy atom. The van der Waals surface area contributed by atoms with Crippen LogP contribution in [0, 0.1) is 0 Å². The van der Waals surface area contributed by atoms with Gasteiger partial charge >= 0.3 is 0 Å². The molecule has 0 amide bonds. The molecule has 0 aliphatic heterocycles. The molecule has 2 N–H and O–H groups in total. The first-order valence-corrected chi connectivity index (χ1v) is 6.84. The third-order valence-electron chi connectivity index (χ3n) is 3.26. The number of aliphatic imine (C=N–C) groups is 1. The van der Waals surface area contributed by atoms with Crippen LogP contribution in [0.15, 0.2) is 29.4 Å². The zero-order chi connectivity index (χ0) is 15.3. The van der Waals surface area contributed by atoms with Crippen LogP contribution in [0.5, 0.6) is 0 Å². The van der Waals surface area contributed by atoms with Crippen molar-refractivity contribution in [3.8, 4) is 0 Å². The molecule has 0 fully saturated rings. The molecule has 21 heavy (non-hydrogen) atoms. The van der Waals surface area contributed by atoms with Crippen molar-refractivity contribution < 1.29 is 4.74 Å². The van der Waals surface area contributed by atoms with E-state index in [1.807, 2.05) is 42.6 Å². The van der Waals surface area contributed by atoms with E-state index in [1.165, 1.54) is 0 Å². The third kappa shape index (κ3) is 3.91. The highest BCUT2D eigenvalue weighted by molar-refractivity contribution is 5.79. The van der Waals surface area contributed by atoms with Gasteiger partial charge in [-0.2, -0.15) is 0 Å². The molecule has 7 heteroatoms. The van der Waals surface area contributed by atoms with Gasteiger partial charge < -0.3 is 15.4 Å².